The van der Waals surface area contributed by atoms with Crippen molar-refractivity contribution in [2.45, 2.75) is 6.42 Å². The van der Waals surface area contributed by atoms with Crippen LogP contribution in [0.2, 0.25) is 0 Å². The molecule has 0 aliphatic carbocycles. The first kappa shape index (κ1) is 13.7. The largest absolute Gasteiger partial charge is 0.300 e. The average molecular weight is 208 g/mol. The molecule has 0 amide bonds. The van der Waals surface area contributed by atoms with Crippen LogP contribution >= 0.6 is 0 Å². The highest BCUT2D eigenvalue weighted by Crippen LogP contribution is 2.06. The summed E-state index contributed by atoms with van der Waals surface area (Å²) in [7, 11) is 7.08. The van der Waals surface area contributed by atoms with Crippen molar-refractivity contribution in [1.29, 1.82) is 0 Å². The fourth-order valence-electron chi connectivity index (χ4n) is 1.40. The summed E-state index contributed by atoms with van der Waals surface area (Å²) in [5, 5.41) is 0. The van der Waals surface area contributed by atoms with Crippen LogP contribution in [-0.2, 0) is 0 Å². The van der Waals surface area contributed by atoms with Gasteiger partial charge in [0.05, 0.1) is 0 Å². The first-order valence-corrected chi connectivity index (χ1v) is 4.97. The van der Waals surface area contributed by atoms with E-state index in [4.69, 9.17) is 0 Å². The number of hydrogen-bond acceptors (Lipinski definition) is 4. The third-order valence-electron chi connectivity index (χ3n) is 1.91. The summed E-state index contributed by atoms with van der Waals surface area (Å²) in [4.78, 5) is 16.1. The van der Waals surface area contributed by atoms with E-state index >= 15 is 0 Å². The number of rotatable bonds is 6. The van der Waals surface area contributed by atoms with Gasteiger partial charge in [0.15, 0.2) is 0 Å². The van der Waals surface area contributed by atoms with Crippen molar-refractivity contribution >= 4 is 24.9 Å². The predicted octanol–water partition coefficient (Wildman–Crippen LogP) is 1.41. The van der Waals surface area contributed by atoms with E-state index in [1.807, 2.05) is 24.9 Å². The molecular formula is C11H20N4. The molecule has 0 bridgehead atoms. The highest BCUT2D eigenvalue weighted by molar-refractivity contribution is 5.88. The molecule has 0 aliphatic rings. The topological polar surface area (TPSA) is 49.4 Å². The van der Waals surface area contributed by atoms with Crippen LogP contribution in [0.5, 0.6) is 0 Å². The SMILES string of the molecule is CN=CC(C=NC)CC(C=NC)C=NC. The molecule has 0 aliphatic heterocycles. The summed E-state index contributed by atoms with van der Waals surface area (Å²) in [6.45, 7) is 0. The summed E-state index contributed by atoms with van der Waals surface area (Å²) < 4.78 is 0. The Morgan fingerprint density at radius 3 is 1.13 bits per heavy atom. The van der Waals surface area contributed by atoms with E-state index in [0.717, 1.165) is 6.42 Å². The lowest BCUT2D eigenvalue weighted by Gasteiger charge is -2.09. The van der Waals surface area contributed by atoms with Gasteiger partial charge in [0.2, 0.25) is 0 Å². The Bertz CT molecular complexity index is 203. The molecule has 4 nitrogen and oxygen atoms in total. The van der Waals surface area contributed by atoms with E-state index in [-0.39, 0.29) is 11.8 Å². The second-order valence-electron chi connectivity index (χ2n) is 3.19. The predicted molar refractivity (Wildman–Crippen MR) is 69.3 cm³/mol. The van der Waals surface area contributed by atoms with Crippen LogP contribution in [0.25, 0.3) is 0 Å². The van der Waals surface area contributed by atoms with Gasteiger partial charge in [-0.05, 0) is 6.42 Å². The molecule has 0 saturated carbocycles. The lowest BCUT2D eigenvalue weighted by Crippen LogP contribution is -2.14. The Kier molecular flexibility index (Phi) is 8.43. The fraction of sp³-hybridized carbons (Fsp3) is 0.636. The lowest BCUT2D eigenvalue weighted by molar-refractivity contribution is 0.762. The quantitative estimate of drug-likeness (QED) is 0.593. The van der Waals surface area contributed by atoms with Gasteiger partial charge in [-0.25, -0.2) is 0 Å². The standard InChI is InChI=1S/C11H20N4/c1-12-6-10(7-13-2)5-11(8-14-3)9-15-4/h6-11H,5H2,1-4H3. The molecule has 0 aromatic carbocycles. The van der Waals surface area contributed by atoms with Crippen LogP contribution in [0, 0.1) is 11.8 Å². The number of nitrogens with zero attached hydrogens (tertiary/aromatic N) is 4. The molecule has 0 heterocycles. The van der Waals surface area contributed by atoms with Gasteiger partial charge in [0, 0.05) is 64.9 Å². The molecule has 0 aromatic heterocycles. The average Bonchev–Trinajstić information content (AvgIpc) is 2.19. The summed E-state index contributed by atoms with van der Waals surface area (Å²) in [6.07, 6.45) is 8.49. The maximum Gasteiger partial charge on any atom is 0.0297 e. The summed E-state index contributed by atoms with van der Waals surface area (Å²) in [5.41, 5.74) is 0. The van der Waals surface area contributed by atoms with Gasteiger partial charge in [-0.3, -0.25) is 0 Å². The van der Waals surface area contributed by atoms with Gasteiger partial charge in [0.25, 0.3) is 0 Å². The van der Waals surface area contributed by atoms with E-state index in [1.165, 1.54) is 0 Å². The van der Waals surface area contributed by atoms with Crippen molar-refractivity contribution < 1.29 is 0 Å². The minimum atomic E-state index is 0.251. The Labute approximate surface area is 92.0 Å². The molecule has 15 heavy (non-hydrogen) atoms. The van der Waals surface area contributed by atoms with E-state index in [2.05, 4.69) is 20.0 Å². The summed E-state index contributed by atoms with van der Waals surface area (Å²) >= 11 is 0. The number of hydrogen-bond donors (Lipinski definition) is 0. The van der Waals surface area contributed by atoms with E-state index in [9.17, 15) is 0 Å². The third-order valence-corrected chi connectivity index (χ3v) is 1.91. The van der Waals surface area contributed by atoms with Crippen LogP contribution < -0.4 is 0 Å². The van der Waals surface area contributed by atoms with Gasteiger partial charge >= 0.3 is 0 Å². The Morgan fingerprint density at radius 2 is 0.933 bits per heavy atom. The van der Waals surface area contributed by atoms with Gasteiger partial charge in [0.1, 0.15) is 0 Å². The second kappa shape index (κ2) is 9.24. The van der Waals surface area contributed by atoms with Crippen molar-refractivity contribution in [2.75, 3.05) is 28.2 Å². The molecule has 0 spiro atoms. The normalized spacial score (nSPS) is 17.3. The molecule has 4 heteroatoms. The van der Waals surface area contributed by atoms with E-state index in [0.29, 0.717) is 0 Å². The van der Waals surface area contributed by atoms with Crippen molar-refractivity contribution in [3.8, 4) is 0 Å². The Balaban J connectivity index is 4.45. The highest BCUT2D eigenvalue weighted by Gasteiger charge is 2.09. The van der Waals surface area contributed by atoms with Gasteiger partial charge in [-0.15, -0.1) is 0 Å². The van der Waals surface area contributed by atoms with E-state index < -0.39 is 0 Å². The summed E-state index contributed by atoms with van der Waals surface area (Å²) in [5.74, 6) is 0.502. The maximum atomic E-state index is 4.02. The van der Waals surface area contributed by atoms with Crippen LogP contribution in [0.15, 0.2) is 20.0 Å². The van der Waals surface area contributed by atoms with Crippen LogP contribution in [-0.4, -0.2) is 53.0 Å². The Hall–Kier alpha value is -1.32. The Morgan fingerprint density at radius 1 is 0.667 bits per heavy atom. The smallest absolute Gasteiger partial charge is 0.0297 e. The molecule has 0 fully saturated rings. The van der Waals surface area contributed by atoms with Crippen LogP contribution in [0.3, 0.4) is 0 Å². The zero-order chi connectivity index (χ0) is 11.5. The molecule has 0 aromatic rings. The third kappa shape index (κ3) is 6.71. The molecule has 0 saturated heterocycles. The van der Waals surface area contributed by atoms with Crippen molar-refractivity contribution in [3.63, 3.8) is 0 Å². The molecule has 0 radical (unpaired) electrons. The summed E-state index contributed by atoms with van der Waals surface area (Å²) in [6, 6.07) is 0. The fourth-order valence-corrected chi connectivity index (χ4v) is 1.40. The van der Waals surface area contributed by atoms with Crippen LogP contribution in [0.1, 0.15) is 6.42 Å². The lowest BCUT2D eigenvalue weighted by atomic mass is 9.98. The maximum absolute atomic E-state index is 4.02. The highest BCUT2D eigenvalue weighted by atomic mass is 14.7. The van der Waals surface area contributed by atoms with Crippen molar-refractivity contribution in [2.24, 2.45) is 31.8 Å². The zero-order valence-electron chi connectivity index (χ0n) is 9.96. The molecule has 0 N–H and O–H groups in total. The molecule has 0 unspecified atom stereocenters. The van der Waals surface area contributed by atoms with Gasteiger partial charge in [-0.2, -0.15) is 0 Å². The van der Waals surface area contributed by atoms with Crippen molar-refractivity contribution in [3.05, 3.63) is 0 Å². The van der Waals surface area contributed by atoms with Gasteiger partial charge in [-0.1, -0.05) is 0 Å². The van der Waals surface area contributed by atoms with Crippen molar-refractivity contribution in [1.82, 2.24) is 0 Å². The zero-order valence-corrected chi connectivity index (χ0v) is 9.96. The minimum Gasteiger partial charge on any atom is -0.300 e. The van der Waals surface area contributed by atoms with Crippen LogP contribution in [0.4, 0.5) is 0 Å². The molecular weight excluding hydrogens is 188 g/mol. The minimum absolute atomic E-state index is 0.251. The monoisotopic (exact) mass is 208 g/mol. The molecule has 0 rings (SSSR count). The van der Waals surface area contributed by atoms with Gasteiger partial charge < -0.3 is 20.0 Å². The molecule has 84 valence electrons. The van der Waals surface area contributed by atoms with E-state index in [1.54, 1.807) is 28.2 Å². The first-order chi connectivity index (χ1) is 7.28. The first-order valence-electron chi connectivity index (χ1n) is 4.97. The second-order valence-corrected chi connectivity index (χ2v) is 3.19. The number of aliphatic imine (C=N–C) groups is 4. The molecule has 0 atom stereocenters.